The monoisotopic (exact) mass is 183 g/mol. The molecule has 0 aromatic rings. The minimum absolute atomic E-state index is 0.623. The summed E-state index contributed by atoms with van der Waals surface area (Å²) in [5, 5.41) is 4.73. The Kier molecular flexibility index (Phi) is 2.95. The molecule has 0 aromatic carbocycles. The highest BCUT2D eigenvalue weighted by molar-refractivity contribution is 7.95. The number of rotatable bonds is 1. The van der Waals surface area contributed by atoms with Gasteiger partial charge in [-0.1, -0.05) is 24.3 Å². The van der Waals surface area contributed by atoms with E-state index in [4.69, 9.17) is 5.14 Å². The van der Waals surface area contributed by atoms with Gasteiger partial charge in [0.1, 0.15) is 0 Å². The van der Waals surface area contributed by atoms with Crippen molar-refractivity contribution in [2.45, 2.75) is 0 Å². The quantitative estimate of drug-likeness (QED) is 0.573. The Hall–Kier alpha value is -1.20. The van der Waals surface area contributed by atoms with Crippen molar-refractivity contribution >= 4 is 18.2 Å². The third-order valence-corrected chi connectivity index (χ3v) is 1.70. The molecule has 2 rings (SSSR count). The molecule has 0 atom stereocenters. The highest BCUT2D eigenvalue weighted by Gasteiger charge is 2.03. The summed E-state index contributed by atoms with van der Waals surface area (Å²) in [6.45, 7) is 0. The van der Waals surface area contributed by atoms with Crippen molar-refractivity contribution in [2.75, 3.05) is 0 Å². The van der Waals surface area contributed by atoms with Crippen molar-refractivity contribution in [2.24, 2.45) is 10.9 Å². The van der Waals surface area contributed by atoms with E-state index in [2.05, 4.69) is 30.0 Å². The summed E-state index contributed by atoms with van der Waals surface area (Å²) >= 11 is 0.685. The fourth-order valence-corrected chi connectivity index (χ4v) is 0.837. The highest BCUT2D eigenvalue weighted by atomic mass is 32.2. The van der Waals surface area contributed by atoms with Crippen LogP contribution in [0.25, 0.3) is 11.1 Å². The van der Waals surface area contributed by atoms with E-state index in [0.29, 0.717) is 12.1 Å². The molecule has 2 amide bonds. The van der Waals surface area contributed by atoms with Crippen molar-refractivity contribution in [3.63, 3.8) is 0 Å². The number of carbonyl (C=O) groups excluding carboxylic acids is 1. The standard InChI is InChI=1S/C6H4.CH5N3OS/c1-2-6-4-3-5(1)6;2-1(5)4-6-3/h1-4H;3H2,(H3,2,4,5). The predicted octanol–water partition coefficient (Wildman–Crippen LogP) is 0.844. The summed E-state index contributed by atoms with van der Waals surface area (Å²) < 4.78 is 2.04. The molecule has 0 spiro atoms. The molecule has 5 heteroatoms. The van der Waals surface area contributed by atoms with Gasteiger partial charge in [0.25, 0.3) is 0 Å². The lowest BCUT2D eigenvalue weighted by atomic mass is 9.95. The van der Waals surface area contributed by atoms with Crippen LogP contribution in [-0.4, -0.2) is 6.03 Å². The Morgan fingerprint density at radius 3 is 1.67 bits per heavy atom. The molecule has 2 aliphatic carbocycles. The number of benzene rings is 1. The van der Waals surface area contributed by atoms with E-state index < -0.39 is 6.03 Å². The summed E-state index contributed by atoms with van der Waals surface area (Å²) in [6, 6.07) is 7.86. The lowest BCUT2D eigenvalue weighted by molar-refractivity contribution is 0.254. The Morgan fingerprint density at radius 1 is 1.25 bits per heavy atom. The van der Waals surface area contributed by atoms with Crippen molar-refractivity contribution in [1.29, 1.82) is 0 Å². The number of nitrogens with two attached hydrogens (primary N) is 2. The van der Waals surface area contributed by atoms with Gasteiger partial charge in [0.15, 0.2) is 0 Å². The minimum atomic E-state index is -0.623. The lowest BCUT2D eigenvalue weighted by Gasteiger charge is -2.10. The van der Waals surface area contributed by atoms with E-state index in [1.165, 1.54) is 11.1 Å². The van der Waals surface area contributed by atoms with Gasteiger partial charge in [-0.2, -0.15) is 0 Å². The van der Waals surface area contributed by atoms with Gasteiger partial charge in [0.2, 0.25) is 0 Å². The van der Waals surface area contributed by atoms with E-state index >= 15 is 0 Å². The molecule has 0 radical (unpaired) electrons. The first kappa shape index (κ1) is 8.89. The molecule has 0 aromatic heterocycles. The smallest absolute Gasteiger partial charge is 0.323 e. The second-order valence-corrected chi connectivity index (χ2v) is 2.60. The van der Waals surface area contributed by atoms with Crippen LogP contribution in [0.1, 0.15) is 0 Å². The summed E-state index contributed by atoms with van der Waals surface area (Å²) in [5.41, 5.74) is 7.40. The van der Waals surface area contributed by atoms with Crippen LogP contribution < -0.4 is 15.6 Å². The molecule has 2 aliphatic rings. The van der Waals surface area contributed by atoms with Crippen LogP contribution in [0.3, 0.4) is 0 Å². The van der Waals surface area contributed by atoms with Gasteiger partial charge in [-0.05, 0) is 11.1 Å². The number of hydrogen-bond acceptors (Lipinski definition) is 3. The minimum Gasteiger partial charge on any atom is -0.351 e. The van der Waals surface area contributed by atoms with Crippen molar-refractivity contribution < 1.29 is 4.79 Å². The normalized spacial score (nSPS) is 9.42. The van der Waals surface area contributed by atoms with Gasteiger partial charge in [0.05, 0.1) is 0 Å². The molecule has 0 saturated carbocycles. The maximum atomic E-state index is 9.61. The first-order chi connectivity index (χ1) is 5.74. The van der Waals surface area contributed by atoms with E-state index in [1.807, 2.05) is 4.72 Å². The van der Waals surface area contributed by atoms with Crippen LogP contribution in [-0.2, 0) is 0 Å². The largest absolute Gasteiger partial charge is 0.351 e. The molecule has 4 nitrogen and oxygen atoms in total. The third-order valence-electron chi connectivity index (χ3n) is 1.38. The Labute approximate surface area is 74.6 Å². The van der Waals surface area contributed by atoms with Gasteiger partial charge in [-0.15, -0.1) is 0 Å². The third kappa shape index (κ3) is 2.14. The van der Waals surface area contributed by atoms with Gasteiger partial charge in [-0.25, -0.2) is 4.79 Å². The molecule has 64 valence electrons. The van der Waals surface area contributed by atoms with E-state index in [9.17, 15) is 4.79 Å². The zero-order chi connectivity index (χ0) is 8.97. The molecule has 0 bridgehead atoms. The van der Waals surface area contributed by atoms with Crippen LogP contribution in [0.5, 0.6) is 0 Å². The molecule has 0 heterocycles. The Balaban J connectivity index is 0.000000120. The Morgan fingerprint density at radius 2 is 1.67 bits per heavy atom. The summed E-state index contributed by atoms with van der Waals surface area (Å²) in [7, 11) is 0. The number of hydrogen-bond donors (Lipinski definition) is 3. The van der Waals surface area contributed by atoms with Gasteiger partial charge in [0, 0.05) is 12.1 Å². The van der Waals surface area contributed by atoms with E-state index in [-0.39, 0.29) is 0 Å². The average Bonchev–Trinajstić information content (AvgIpc) is 1.98. The molecule has 0 fully saturated rings. The number of urea groups is 1. The maximum absolute atomic E-state index is 9.61. The number of primary amides is 1. The maximum Gasteiger partial charge on any atom is 0.323 e. The molecule has 0 aliphatic heterocycles. The van der Waals surface area contributed by atoms with Crippen molar-refractivity contribution in [1.82, 2.24) is 4.72 Å². The number of fused-ring (bicyclic) bond motifs is 1. The Bertz CT molecular complexity index is 251. The average molecular weight is 183 g/mol. The zero-order valence-corrected chi connectivity index (χ0v) is 7.10. The topological polar surface area (TPSA) is 81.1 Å². The van der Waals surface area contributed by atoms with Crippen LogP contribution in [0.4, 0.5) is 4.79 Å². The zero-order valence-electron chi connectivity index (χ0n) is 6.28. The second-order valence-electron chi connectivity index (χ2n) is 2.16. The first-order valence-corrected chi connectivity index (χ1v) is 4.13. The molecule has 5 N–H and O–H groups in total. The van der Waals surface area contributed by atoms with Crippen LogP contribution in [0.2, 0.25) is 0 Å². The van der Waals surface area contributed by atoms with E-state index in [1.54, 1.807) is 0 Å². The van der Waals surface area contributed by atoms with Crippen molar-refractivity contribution in [3.8, 4) is 11.1 Å². The van der Waals surface area contributed by atoms with Gasteiger partial charge in [-0.3, -0.25) is 9.86 Å². The van der Waals surface area contributed by atoms with Crippen LogP contribution in [0.15, 0.2) is 24.3 Å². The molecular weight excluding hydrogens is 174 g/mol. The fourth-order valence-electron chi connectivity index (χ4n) is 0.721. The molecular formula is C7H9N3OS. The predicted molar refractivity (Wildman–Crippen MR) is 49.9 cm³/mol. The SMILES string of the molecule is NSNC(N)=O.c1cc2ccc1-2. The number of amides is 2. The summed E-state index contributed by atoms with van der Waals surface area (Å²) in [5.74, 6) is 0. The molecule has 0 unspecified atom stereocenters. The fraction of sp³-hybridized carbons (Fsp3) is 0. The second kappa shape index (κ2) is 3.99. The van der Waals surface area contributed by atoms with Gasteiger partial charge >= 0.3 is 6.03 Å². The highest BCUT2D eigenvalue weighted by Crippen LogP contribution is 2.29. The van der Waals surface area contributed by atoms with Crippen molar-refractivity contribution in [3.05, 3.63) is 24.3 Å². The summed E-state index contributed by atoms with van der Waals surface area (Å²) in [4.78, 5) is 9.61. The van der Waals surface area contributed by atoms with Crippen LogP contribution in [0, 0.1) is 0 Å². The number of carbonyl (C=O) groups is 1. The summed E-state index contributed by atoms with van der Waals surface area (Å²) in [6.07, 6.45) is 0. The lowest BCUT2D eigenvalue weighted by Crippen LogP contribution is -2.24. The molecule has 0 saturated heterocycles. The van der Waals surface area contributed by atoms with E-state index in [0.717, 1.165) is 0 Å². The molecule has 12 heavy (non-hydrogen) atoms. The first-order valence-electron chi connectivity index (χ1n) is 3.25. The number of nitrogens with one attached hydrogen (secondary N) is 1. The van der Waals surface area contributed by atoms with Gasteiger partial charge < -0.3 is 5.73 Å². The van der Waals surface area contributed by atoms with Crippen LogP contribution >= 0.6 is 12.1 Å².